The minimum Gasteiger partial charge on any atom is -0.497 e. The number of rotatable bonds is 7. The second-order valence-electron chi connectivity index (χ2n) is 6.75. The van der Waals surface area contributed by atoms with Gasteiger partial charge in [-0.1, -0.05) is 24.3 Å². The Morgan fingerprint density at radius 1 is 1.10 bits per heavy atom. The van der Waals surface area contributed by atoms with Gasteiger partial charge in [-0.05, 0) is 23.8 Å². The second-order valence-corrected chi connectivity index (χ2v) is 6.75. The van der Waals surface area contributed by atoms with Crippen molar-refractivity contribution in [1.29, 1.82) is 0 Å². The predicted molar refractivity (Wildman–Crippen MR) is 106 cm³/mol. The van der Waals surface area contributed by atoms with Gasteiger partial charge in [-0.25, -0.2) is 4.39 Å². The topological polar surface area (TPSA) is 77.4 Å². The Kier molecular flexibility index (Phi) is 7.09. The first-order chi connectivity index (χ1) is 14.0. The number of hydrogen-bond donors (Lipinski definition) is 2. The monoisotopic (exact) mass is 404 g/mol. The van der Waals surface area contributed by atoms with Gasteiger partial charge in [0.25, 0.3) is 0 Å². The van der Waals surface area contributed by atoms with Crippen LogP contribution < -0.4 is 14.2 Å². The maximum atomic E-state index is 13.1. The number of hydrogen-bond acceptors (Lipinski definition) is 6. The zero-order chi connectivity index (χ0) is 20.8. The van der Waals surface area contributed by atoms with Crippen molar-refractivity contribution < 1.29 is 33.6 Å². The van der Waals surface area contributed by atoms with Gasteiger partial charge in [-0.2, -0.15) is 0 Å². The van der Waals surface area contributed by atoms with Crippen LogP contribution in [0.3, 0.4) is 0 Å². The van der Waals surface area contributed by atoms with E-state index in [4.69, 9.17) is 18.9 Å². The van der Waals surface area contributed by atoms with Crippen LogP contribution in [-0.2, 0) is 4.74 Å². The van der Waals surface area contributed by atoms with Crippen molar-refractivity contribution in [1.82, 2.24) is 0 Å². The van der Waals surface area contributed by atoms with Gasteiger partial charge in [0.1, 0.15) is 11.6 Å². The van der Waals surface area contributed by atoms with Crippen LogP contribution in [0.15, 0.2) is 36.4 Å². The molecule has 29 heavy (non-hydrogen) atoms. The van der Waals surface area contributed by atoms with E-state index in [0.29, 0.717) is 29.2 Å². The molecule has 3 rings (SSSR count). The summed E-state index contributed by atoms with van der Waals surface area (Å²) in [6, 6.07) is 9.56. The minimum atomic E-state index is -0.740. The highest BCUT2D eigenvalue weighted by Gasteiger charge is 2.30. The SMILES string of the molecule is COc1cc(/C=C/c2ccc(F)cc2)c(OC2CC(O)CC(CO)O2)c(OC)c1. The molecule has 0 spiro atoms. The zero-order valence-electron chi connectivity index (χ0n) is 16.4. The molecule has 1 saturated heterocycles. The number of aliphatic hydroxyl groups is 2. The Bertz CT molecular complexity index is 836. The number of halogens is 1. The molecule has 2 aromatic carbocycles. The standard InChI is InChI=1S/C22H25FO6/c1-26-18-9-15(6-3-14-4-7-16(23)8-5-14)22(20(12-18)27-2)29-21-11-17(25)10-19(13-24)28-21/h3-9,12,17,19,21,24-25H,10-11,13H2,1-2H3/b6-3+. The quantitative estimate of drug-likeness (QED) is 0.690. The van der Waals surface area contributed by atoms with Crippen molar-refractivity contribution in [2.45, 2.75) is 31.3 Å². The van der Waals surface area contributed by atoms with Crippen molar-refractivity contribution in [2.75, 3.05) is 20.8 Å². The lowest BCUT2D eigenvalue weighted by molar-refractivity contribution is -0.185. The molecule has 2 N–H and O–H groups in total. The first-order valence-electron chi connectivity index (χ1n) is 9.33. The lowest BCUT2D eigenvalue weighted by atomic mass is 10.1. The summed E-state index contributed by atoms with van der Waals surface area (Å²) in [5.74, 6) is 1.13. The lowest BCUT2D eigenvalue weighted by Crippen LogP contribution is -2.40. The van der Waals surface area contributed by atoms with Gasteiger partial charge in [-0.3, -0.25) is 0 Å². The molecule has 3 unspecified atom stereocenters. The Labute approximate surface area is 169 Å². The van der Waals surface area contributed by atoms with Crippen LogP contribution in [0, 0.1) is 5.82 Å². The molecule has 0 aliphatic carbocycles. The van der Waals surface area contributed by atoms with Gasteiger partial charge in [0.15, 0.2) is 11.5 Å². The van der Waals surface area contributed by atoms with Crippen LogP contribution in [0.25, 0.3) is 12.2 Å². The maximum Gasteiger partial charge on any atom is 0.202 e. The molecule has 1 fully saturated rings. The average Bonchev–Trinajstić information content (AvgIpc) is 2.73. The van der Waals surface area contributed by atoms with Crippen molar-refractivity contribution in [2.24, 2.45) is 0 Å². The summed E-state index contributed by atoms with van der Waals surface area (Å²) in [7, 11) is 3.07. The first kappa shape index (κ1) is 21.1. The van der Waals surface area contributed by atoms with E-state index in [1.807, 2.05) is 6.08 Å². The maximum absolute atomic E-state index is 13.1. The average molecular weight is 404 g/mol. The lowest BCUT2D eigenvalue weighted by Gasteiger charge is -2.32. The molecule has 0 bridgehead atoms. The summed E-state index contributed by atoms with van der Waals surface area (Å²) >= 11 is 0. The molecular weight excluding hydrogens is 379 g/mol. The number of benzene rings is 2. The van der Waals surface area contributed by atoms with Gasteiger partial charge in [-0.15, -0.1) is 0 Å². The highest BCUT2D eigenvalue weighted by atomic mass is 19.1. The predicted octanol–water partition coefficient (Wildman–Crippen LogP) is 3.25. The highest BCUT2D eigenvalue weighted by Crippen LogP contribution is 2.39. The van der Waals surface area contributed by atoms with Gasteiger partial charge in [0.05, 0.1) is 33.0 Å². The van der Waals surface area contributed by atoms with Crippen LogP contribution in [0.2, 0.25) is 0 Å². The summed E-state index contributed by atoms with van der Waals surface area (Å²) in [4.78, 5) is 0. The fraction of sp³-hybridized carbons (Fsp3) is 0.364. The highest BCUT2D eigenvalue weighted by molar-refractivity contribution is 5.75. The van der Waals surface area contributed by atoms with Crippen LogP contribution in [0.5, 0.6) is 17.2 Å². The van der Waals surface area contributed by atoms with Gasteiger partial charge >= 0.3 is 0 Å². The van der Waals surface area contributed by atoms with Gasteiger partial charge in [0, 0.05) is 24.5 Å². The summed E-state index contributed by atoms with van der Waals surface area (Å²) in [5.41, 5.74) is 1.47. The normalized spacial score (nSPS) is 21.9. The smallest absolute Gasteiger partial charge is 0.202 e. The fourth-order valence-electron chi connectivity index (χ4n) is 3.15. The molecule has 1 aliphatic rings. The van der Waals surface area contributed by atoms with Crippen LogP contribution in [0.1, 0.15) is 24.0 Å². The van der Waals surface area contributed by atoms with E-state index in [1.54, 1.807) is 37.5 Å². The molecule has 1 aliphatic heterocycles. The summed E-state index contributed by atoms with van der Waals surface area (Å²) < 4.78 is 35.7. The Balaban J connectivity index is 1.92. The molecular formula is C22H25FO6. The van der Waals surface area contributed by atoms with Gasteiger partial charge < -0.3 is 29.2 Å². The molecule has 7 heteroatoms. The minimum absolute atomic E-state index is 0.200. The van der Waals surface area contributed by atoms with Crippen molar-refractivity contribution in [3.8, 4) is 17.2 Å². The second kappa shape index (κ2) is 9.73. The van der Waals surface area contributed by atoms with Crippen LogP contribution in [-0.4, -0.2) is 49.5 Å². The molecule has 6 nitrogen and oxygen atoms in total. The molecule has 2 aromatic rings. The van der Waals surface area contributed by atoms with E-state index in [9.17, 15) is 14.6 Å². The van der Waals surface area contributed by atoms with E-state index in [2.05, 4.69) is 0 Å². The van der Waals surface area contributed by atoms with E-state index in [0.717, 1.165) is 5.56 Å². The number of methoxy groups -OCH3 is 2. The van der Waals surface area contributed by atoms with Crippen molar-refractivity contribution >= 4 is 12.2 Å². The molecule has 1 heterocycles. The third-order valence-corrected chi connectivity index (χ3v) is 4.63. The first-order valence-corrected chi connectivity index (χ1v) is 9.33. The van der Waals surface area contributed by atoms with E-state index >= 15 is 0 Å². The van der Waals surface area contributed by atoms with E-state index in [1.165, 1.54) is 19.2 Å². The number of aliphatic hydroxyl groups excluding tert-OH is 2. The van der Waals surface area contributed by atoms with E-state index < -0.39 is 18.5 Å². The zero-order valence-corrected chi connectivity index (χ0v) is 16.4. The van der Waals surface area contributed by atoms with Crippen molar-refractivity contribution in [3.63, 3.8) is 0 Å². The Morgan fingerprint density at radius 2 is 1.86 bits per heavy atom. The van der Waals surface area contributed by atoms with Crippen LogP contribution in [0.4, 0.5) is 4.39 Å². The largest absolute Gasteiger partial charge is 0.497 e. The molecule has 0 radical (unpaired) electrons. The Hall–Kier alpha value is -2.61. The third-order valence-electron chi connectivity index (χ3n) is 4.63. The Morgan fingerprint density at radius 3 is 2.52 bits per heavy atom. The molecule has 3 atom stereocenters. The van der Waals surface area contributed by atoms with Gasteiger partial charge in [0.2, 0.25) is 6.29 Å². The number of ether oxygens (including phenoxy) is 4. The fourth-order valence-corrected chi connectivity index (χ4v) is 3.15. The van der Waals surface area contributed by atoms with Crippen LogP contribution >= 0.6 is 0 Å². The third kappa shape index (κ3) is 5.47. The molecule has 0 aromatic heterocycles. The van der Waals surface area contributed by atoms with E-state index in [-0.39, 0.29) is 18.8 Å². The molecule has 0 amide bonds. The summed E-state index contributed by atoms with van der Waals surface area (Å²) in [6.45, 7) is -0.200. The molecule has 156 valence electrons. The summed E-state index contributed by atoms with van der Waals surface area (Å²) in [6.07, 6.45) is 2.38. The molecule has 0 saturated carbocycles. The summed E-state index contributed by atoms with van der Waals surface area (Å²) in [5, 5.41) is 19.4. The van der Waals surface area contributed by atoms with Crippen molar-refractivity contribution in [3.05, 3.63) is 53.3 Å².